The molecule has 0 aliphatic heterocycles. The highest BCUT2D eigenvalue weighted by atomic mass is 16.2. The number of fused-ring (bicyclic) bond motifs is 1. The number of aromatic nitrogens is 2. The molecule has 0 spiro atoms. The van der Waals surface area contributed by atoms with Gasteiger partial charge in [0.1, 0.15) is 5.78 Å². The molecule has 1 aromatic rings. The van der Waals surface area contributed by atoms with Crippen LogP contribution in [0.3, 0.4) is 0 Å². The van der Waals surface area contributed by atoms with Crippen molar-refractivity contribution < 1.29 is 9.59 Å². The lowest BCUT2D eigenvalue weighted by Gasteiger charge is -2.13. The highest BCUT2D eigenvalue weighted by Crippen LogP contribution is 2.57. The van der Waals surface area contributed by atoms with E-state index in [1.807, 2.05) is 7.05 Å². The summed E-state index contributed by atoms with van der Waals surface area (Å²) in [6.07, 6.45) is 5.17. The molecule has 22 heavy (non-hydrogen) atoms. The van der Waals surface area contributed by atoms with Gasteiger partial charge in [0.25, 0.3) is 5.91 Å². The number of ketones is 1. The Morgan fingerprint density at radius 3 is 2.73 bits per heavy atom. The standard InChI is InChI=1S/C17H25N3O2/c1-4-17(5-2)9-11(17)10-18-16(22)15-13-8-12(21)6-7-14(13)20(3)19-15/h11H,4-10H2,1-3H3,(H,18,22)/t11-/m1/s1. The Morgan fingerprint density at radius 2 is 2.09 bits per heavy atom. The zero-order valence-electron chi connectivity index (χ0n) is 13.7. The minimum atomic E-state index is -0.125. The molecule has 1 atom stereocenters. The molecule has 5 nitrogen and oxygen atoms in total. The van der Waals surface area contributed by atoms with Crippen LogP contribution < -0.4 is 5.32 Å². The summed E-state index contributed by atoms with van der Waals surface area (Å²) < 4.78 is 1.76. The Bertz CT molecular complexity index is 614. The van der Waals surface area contributed by atoms with Crippen molar-refractivity contribution in [2.75, 3.05) is 6.54 Å². The molecule has 0 bridgehead atoms. The van der Waals surface area contributed by atoms with Crippen LogP contribution in [0.5, 0.6) is 0 Å². The van der Waals surface area contributed by atoms with Gasteiger partial charge in [-0.1, -0.05) is 26.7 Å². The number of carbonyl (C=O) groups excluding carboxylic acids is 2. The Balaban J connectivity index is 1.68. The summed E-state index contributed by atoms with van der Waals surface area (Å²) in [6.45, 7) is 5.18. The molecular weight excluding hydrogens is 278 g/mol. The smallest absolute Gasteiger partial charge is 0.272 e. The molecular formula is C17H25N3O2. The Hall–Kier alpha value is -1.65. The number of hydrogen-bond acceptors (Lipinski definition) is 3. The van der Waals surface area contributed by atoms with E-state index in [4.69, 9.17) is 0 Å². The zero-order valence-corrected chi connectivity index (χ0v) is 13.7. The average molecular weight is 303 g/mol. The van der Waals surface area contributed by atoms with E-state index >= 15 is 0 Å². The number of amides is 1. The van der Waals surface area contributed by atoms with Gasteiger partial charge in [0, 0.05) is 37.7 Å². The molecule has 5 heteroatoms. The Morgan fingerprint density at radius 1 is 1.36 bits per heavy atom. The summed E-state index contributed by atoms with van der Waals surface area (Å²) in [5.74, 6) is 0.667. The fourth-order valence-corrected chi connectivity index (χ4v) is 3.96. The number of rotatable bonds is 5. The van der Waals surface area contributed by atoms with E-state index < -0.39 is 0 Å². The van der Waals surface area contributed by atoms with Gasteiger partial charge in [0.05, 0.1) is 0 Å². The highest BCUT2D eigenvalue weighted by Gasteiger charge is 2.50. The van der Waals surface area contributed by atoms with Crippen molar-refractivity contribution in [3.8, 4) is 0 Å². The molecule has 120 valence electrons. The summed E-state index contributed by atoms with van der Waals surface area (Å²) in [4.78, 5) is 24.1. The number of carbonyl (C=O) groups is 2. The number of nitrogens with zero attached hydrogens (tertiary/aromatic N) is 2. The molecule has 3 rings (SSSR count). The van der Waals surface area contributed by atoms with Crippen molar-refractivity contribution in [2.24, 2.45) is 18.4 Å². The molecule has 1 N–H and O–H groups in total. The lowest BCUT2D eigenvalue weighted by molar-refractivity contribution is -0.118. The number of nitrogens with one attached hydrogen (secondary N) is 1. The largest absolute Gasteiger partial charge is 0.350 e. The predicted molar refractivity (Wildman–Crippen MR) is 83.7 cm³/mol. The lowest BCUT2D eigenvalue weighted by atomic mass is 9.94. The van der Waals surface area contributed by atoms with E-state index in [1.165, 1.54) is 19.3 Å². The van der Waals surface area contributed by atoms with Crippen LogP contribution in [0.2, 0.25) is 0 Å². The third kappa shape index (κ3) is 2.46. The Kier molecular flexibility index (Phi) is 3.83. The molecule has 0 aromatic carbocycles. The SMILES string of the molecule is CCC1(CC)C[C@@H]1CNC(=O)c1nn(C)c2c1CC(=O)CC2. The minimum Gasteiger partial charge on any atom is -0.350 e. The topological polar surface area (TPSA) is 64.0 Å². The van der Waals surface area contributed by atoms with Gasteiger partial charge < -0.3 is 5.32 Å². The Labute approximate surface area is 131 Å². The zero-order chi connectivity index (χ0) is 15.9. The fourth-order valence-electron chi connectivity index (χ4n) is 3.96. The van der Waals surface area contributed by atoms with Crippen LogP contribution in [0.1, 0.15) is 61.3 Å². The first-order valence-corrected chi connectivity index (χ1v) is 8.35. The number of Topliss-reactive ketones (excluding diaryl/α,β-unsaturated/α-hetero) is 1. The van der Waals surface area contributed by atoms with Crippen molar-refractivity contribution in [1.82, 2.24) is 15.1 Å². The second-order valence-corrected chi connectivity index (χ2v) is 6.79. The highest BCUT2D eigenvalue weighted by molar-refractivity contribution is 5.96. The van der Waals surface area contributed by atoms with Gasteiger partial charge in [-0.15, -0.1) is 0 Å². The van der Waals surface area contributed by atoms with E-state index in [9.17, 15) is 9.59 Å². The van der Waals surface area contributed by atoms with Gasteiger partial charge in [-0.25, -0.2) is 0 Å². The van der Waals surface area contributed by atoms with Crippen molar-refractivity contribution >= 4 is 11.7 Å². The third-order valence-electron chi connectivity index (χ3n) is 5.78. The fraction of sp³-hybridized carbons (Fsp3) is 0.706. The van der Waals surface area contributed by atoms with Crippen molar-refractivity contribution in [2.45, 2.75) is 52.4 Å². The maximum atomic E-state index is 12.5. The summed E-state index contributed by atoms with van der Waals surface area (Å²) >= 11 is 0. The van der Waals surface area contributed by atoms with Crippen LogP contribution in [0.15, 0.2) is 0 Å². The van der Waals surface area contributed by atoms with Gasteiger partial charge in [0.2, 0.25) is 0 Å². The monoisotopic (exact) mass is 303 g/mol. The average Bonchev–Trinajstić information content (AvgIpc) is 3.14. The molecule has 1 amide bonds. The predicted octanol–water partition coefficient (Wildman–Crippen LogP) is 2.03. The van der Waals surface area contributed by atoms with Gasteiger partial charge in [0.15, 0.2) is 5.69 Å². The van der Waals surface area contributed by atoms with Crippen LogP contribution >= 0.6 is 0 Å². The normalized spacial score (nSPS) is 22.3. The van der Waals surface area contributed by atoms with Gasteiger partial charge in [-0.2, -0.15) is 5.10 Å². The second kappa shape index (κ2) is 5.52. The maximum Gasteiger partial charge on any atom is 0.272 e. The van der Waals surface area contributed by atoms with E-state index in [0.29, 0.717) is 36.3 Å². The summed E-state index contributed by atoms with van der Waals surface area (Å²) in [7, 11) is 1.85. The lowest BCUT2D eigenvalue weighted by Crippen LogP contribution is -2.29. The first-order valence-electron chi connectivity index (χ1n) is 8.35. The first-order chi connectivity index (χ1) is 10.5. The third-order valence-corrected chi connectivity index (χ3v) is 5.78. The molecule has 2 aliphatic rings. The summed E-state index contributed by atoms with van der Waals surface area (Å²) in [5.41, 5.74) is 2.76. The van der Waals surface area contributed by atoms with Crippen LogP contribution in [-0.2, 0) is 24.7 Å². The maximum absolute atomic E-state index is 12.5. The van der Waals surface area contributed by atoms with Crippen LogP contribution in [0, 0.1) is 11.3 Å². The van der Waals surface area contributed by atoms with Crippen LogP contribution in [0.4, 0.5) is 0 Å². The van der Waals surface area contributed by atoms with Crippen molar-refractivity contribution in [1.29, 1.82) is 0 Å². The van der Waals surface area contributed by atoms with E-state index in [0.717, 1.165) is 17.8 Å². The summed E-state index contributed by atoms with van der Waals surface area (Å²) in [6, 6.07) is 0. The quantitative estimate of drug-likeness (QED) is 0.905. The number of aryl methyl sites for hydroxylation is 1. The number of hydrogen-bond donors (Lipinski definition) is 1. The first kappa shape index (κ1) is 15.3. The second-order valence-electron chi connectivity index (χ2n) is 6.79. The van der Waals surface area contributed by atoms with E-state index in [1.54, 1.807) is 4.68 Å². The van der Waals surface area contributed by atoms with E-state index in [2.05, 4.69) is 24.3 Å². The summed E-state index contributed by atoms with van der Waals surface area (Å²) in [5, 5.41) is 7.39. The molecule has 1 aromatic heterocycles. The van der Waals surface area contributed by atoms with Crippen molar-refractivity contribution in [3.05, 3.63) is 17.0 Å². The molecule has 1 heterocycles. The van der Waals surface area contributed by atoms with Crippen molar-refractivity contribution in [3.63, 3.8) is 0 Å². The van der Waals surface area contributed by atoms with Gasteiger partial charge >= 0.3 is 0 Å². The molecule has 0 radical (unpaired) electrons. The van der Waals surface area contributed by atoms with Crippen LogP contribution in [0.25, 0.3) is 0 Å². The molecule has 0 unspecified atom stereocenters. The molecule has 1 saturated carbocycles. The van der Waals surface area contributed by atoms with Gasteiger partial charge in [-0.05, 0) is 24.2 Å². The molecule has 1 fully saturated rings. The van der Waals surface area contributed by atoms with Crippen LogP contribution in [-0.4, -0.2) is 28.0 Å². The van der Waals surface area contributed by atoms with E-state index in [-0.39, 0.29) is 11.7 Å². The minimum absolute atomic E-state index is 0.125. The molecule has 0 saturated heterocycles. The van der Waals surface area contributed by atoms with Gasteiger partial charge in [-0.3, -0.25) is 14.3 Å². The molecule has 2 aliphatic carbocycles.